The number of aliphatic hydroxyl groups is 2. The largest absolute Gasteiger partial charge is 0.393 e. The van der Waals surface area contributed by atoms with Crippen molar-refractivity contribution in [1.29, 1.82) is 0 Å². The minimum atomic E-state index is -1.52. The van der Waals surface area contributed by atoms with Crippen LogP contribution < -0.4 is 0 Å². The number of carbonyl (C=O) groups is 2. The van der Waals surface area contributed by atoms with Gasteiger partial charge in [0.25, 0.3) is 0 Å². The maximum absolute atomic E-state index is 13.8. The van der Waals surface area contributed by atoms with Gasteiger partial charge in [-0.25, -0.2) is 4.98 Å². The number of hydrogen-bond donors (Lipinski definition) is 2. The fourth-order valence-electron chi connectivity index (χ4n) is 8.51. The molecule has 5 unspecified atom stereocenters. The third-order valence-electron chi connectivity index (χ3n) is 10.3. The molecular formula is C30H34N2O4S. The molecule has 3 fully saturated rings. The summed E-state index contributed by atoms with van der Waals surface area (Å²) in [7, 11) is 0. The van der Waals surface area contributed by atoms with E-state index in [1.807, 2.05) is 44.2 Å². The van der Waals surface area contributed by atoms with Crippen LogP contribution in [0, 0.1) is 34.5 Å². The smallest absolute Gasteiger partial charge is 0.178 e. The molecule has 4 aliphatic carbocycles. The summed E-state index contributed by atoms with van der Waals surface area (Å²) in [5.41, 5.74) is 0.0876. The Hall–Kier alpha value is -2.35. The van der Waals surface area contributed by atoms with Gasteiger partial charge in [0.1, 0.15) is 10.6 Å². The van der Waals surface area contributed by atoms with Gasteiger partial charge in [-0.1, -0.05) is 56.3 Å². The van der Waals surface area contributed by atoms with Gasteiger partial charge >= 0.3 is 0 Å². The Morgan fingerprint density at radius 1 is 1.22 bits per heavy atom. The van der Waals surface area contributed by atoms with E-state index in [0.29, 0.717) is 11.4 Å². The van der Waals surface area contributed by atoms with E-state index in [-0.39, 0.29) is 46.4 Å². The summed E-state index contributed by atoms with van der Waals surface area (Å²) in [5, 5.41) is 24.5. The van der Waals surface area contributed by atoms with Crippen molar-refractivity contribution in [2.45, 2.75) is 63.2 Å². The number of rotatable bonds is 4. The van der Waals surface area contributed by atoms with E-state index in [4.69, 9.17) is 0 Å². The summed E-state index contributed by atoms with van der Waals surface area (Å²) >= 11 is 1.31. The molecule has 1 aromatic carbocycles. The number of ketones is 2. The summed E-state index contributed by atoms with van der Waals surface area (Å²) in [6, 6.07) is 7.62. The van der Waals surface area contributed by atoms with E-state index < -0.39 is 17.1 Å². The highest BCUT2D eigenvalue weighted by atomic mass is 32.2. The molecule has 6 rings (SSSR count). The number of Topliss-reactive ketones (excluding diaryl/α,β-unsaturated/α-hetero) is 1. The van der Waals surface area contributed by atoms with E-state index in [2.05, 4.69) is 16.9 Å². The number of thioether (sulfide) groups is 1. The van der Waals surface area contributed by atoms with Crippen LogP contribution >= 0.6 is 11.8 Å². The SMILES string of the molecule is C[C@@H]1CC2C3CCC4=CC(=O)C=CC4(C)C3[C@@H](O)CC2(C)[C@@]1(O)C(=O)CSc1cnc2ccccc2n1. The highest BCUT2D eigenvalue weighted by Crippen LogP contribution is 2.68. The Kier molecular flexibility index (Phi) is 5.79. The van der Waals surface area contributed by atoms with Crippen LogP contribution in [0.3, 0.4) is 0 Å². The Morgan fingerprint density at radius 3 is 2.76 bits per heavy atom. The zero-order valence-corrected chi connectivity index (χ0v) is 22.4. The van der Waals surface area contributed by atoms with Crippen LogP contribution in [0.1, 0.15) is 46.5 Å². The number of aliphatic hydroxyl groups excluding tert-OH is 1. The lowest BCUT2D eigenvalue weighted by molar-refractivity contribution is -0.179. The van der Waals surface area contributed by atoms with Crippen molar-refractivity contribution in [2.75, 3.05) is 5.75 Å². The van der Waals surface area contributed by atoms with Crippen LogP contribution in [0.25, 0.3) is 11.0 Å². The first-order valence-corrected chi connectivity index (χ1v) is 14.3. The predicted octanol–water partition coefficient (Wildman–Crippen LogP) is 4.55. The summed E-state index contributed by atoms with van der Waals surface area (Å²) < 4.78 is 0. The number of fused-ring (bicyclic) bond motifs is 6. The Labute approximate surface area is 221 Å². The van der Waals surface area contributed by atoms with Crippen LogP contribution in [0.2, 0.25) is 0 Å². The second-order valence-corrected chi connectivity index (χ2v) is 13.0. The van der Waals surface area contributed by atoms with Gasteiger partial charge in [-0.15, -0.1) is 0 Å². The van der Waals surface area contributed by atoms with Crippen molar-refractivity contribution >= 4 is 34.4 Å². The fourth-order valence-corrected chi connectivity index (χ4v) is 9.30. The first-order valence-electron chi connectivity index (χ1n) is 13.3. The lowest BCUT2D eigenvalue weighted by Crippen LogP contribution is -2.62. The van der Waals surface area contributed by atoms with E-state index in [1.165, 1.54) is 11.8 Å². The predicted molar refractivity (Wildman–Crippen MR) is 143 cm³/mol. The van der Waals surface area contributed by atoms with Crippen molar-refractivity contribution in [3.05, 3.63) is 54.3 Å². The Bertz CT molecular complexity index is 1360. The van der Waals surface area contributed by atoms with Crippen LogP contribution in [-0.2, 0) is 9.59 Å². The van der Waals surface area contributed by atoms with Gasteiger partial charge in [-0.05, 0) is 67.7 Å². The number of allylic oxidation sites excluding steroid dienone is 4. The molecule has 0 spiro atoms. The van der Waals surface area contributed by atoms with Gasteiger partial charge in [0.15, 0.2) is 11.6 Å². The average molecular weight is 519 g/mol. The molecule has 194 valence electrons. The molecule has 3 saturated carbocycles. The second kappa shape index (κ2) is 8.58. The number of para-hydroxylation sites is 2. The molecule has 6 nitrogen and oxygen atoms in total. The van der Waals surface area contributed by atoms with Crippen molar-refractivity contribution < 1.29 is 19.8 Å². The molecule has 1 heterocycles. The number of benzene rings is 1. The second-order valence-electron chi connectivity index (χ2n) is 12.0. The van der Waals surface area contributed by atoms with Crippen LogP contribution in [0.4, 0.5) is 0 Å². The third kappa shape index (κ3) is 3.53. The molecule has 37 heavy (non-hydrogen) atoms. The average Bonchev–Trinajstić information content (AvgIpc) is 3.08. The molecule has 4 aliphatic rings. The molecule has 0 amide bonds. The van der Waals surface area contributed by atoms with Gasteiger partial charge in [-0.3, -0.25) is 14.6 Å². The van der Waals surface area contributed by atoms with Gasteiger partial charge in [0, 0.05) is 16.7 Å². The summed E-state index contributed by atoms with van der Waals surface area (Å²) in [4.78, 5) is 34.9. The lowest BCUT2D eigenvalue weighted by atomic mass is 9.46. The number of aromatic nitrogens is 2. The van der Waals surface area contributed by atoms with E-state index >= 15 is 0 Å². The first kappa shape index (κ1) is 25.0. The molecule has 8 atom stereocenters. The Balaban J connectivity index is 1.27. The monoisotopic (exact) mass is 518 g/mol. The minimum Gasteiger partial charge on any atom is -0.393 e. The van der Waals surface area contributed by atoms with E-state index in [1.54, 1.807) is 18.3 Å². The lowest BCUT2D eigenvalue weighted by Gasteiger charge is -2.59. The molecule has 0 aliphatic heterocycles. The van der Waals surface area contributed by atoms with Crippen LogP contribution in [-0.4, -0.2) is 49.2 Å². The molecule has 0 radical (unpaired) electrons. The topological polar surface area (TPSA) is 100 Å². The summed E-state index contributed by atoms with van der Waals surface area (Å²) in [6.07, 6.45) is 9.19. The summed E-state index contributed by atoms with van der Waals surface area (Å²) in [6.45, 7) is 6.15. The van der Waals surface area contributed by atoms with Crippen molar-refractivity contribution in [2.24, 2.45) is 34.5 Å². The van der Waals surface area contributed by atoms with E-state index in [0.717, 1.165) is 35.9 Å². The van der Waals surface area contributed by atoms with E-state index in [9.17, 15) is 19.8 Å². The highest BCUT2D eigenvalue weighted by Gasteiger charge is 2.70. The Morgan fingerprint density at radius 2 is 1.97 bits per heavy atom. The molecule has 2 N–H and O–H groups in total. The van der Waals surface area contributed by atoms with Crippen LogP contribution in [0.15, 0.2) is 59.3 Å². The van der Waals surface area contributed by atoms with Gasteiger partial charge in [-0.2, -0.15) is 0 Å². The number of carbonyl (C=O) groups excluding carboxylic acids is 2. The normalized spacial score (nSPS) is 40.6. The van der Waals surface area contributed by atoms with Gasteiger partial charge in [0.2, 0.25) is 0 Å². The zero-order chi connectivity index (χ0) is 26.2. The van der Waals surface area contributed by atoms with Crippen molar-refractivity contribution in [3.63, 3.8) is 0 Å². The molecule has 1 aromatic heterocycles. The standard InChI is InChI=1S/C30H34N2O4S/c1-17-12-21-20-9-8-18-13-19(33)10-11-28(18,2)27(20)24(34)14-29(21,3)30(17,36)25(35)16-37-26-15-31-22-6-4-5-7-23(22)32-26/h4-7,10-11,13,15,17,20-21,24,27,34,36H,8-9,12,14,16H2,1-3H3/t17-,20?,21?,24+,27?,28?,29?,30+/m1/s1. The fraction of sp³-hybridized carbons (Fsp3) is 0.533. The quantitative estimate of drug-likeness (QED) is 0.573. The third-order valence-corrected chi connectivity index (χ3v) is 11.2. The molecule has 0 saturated heterocycles. The maximum Gasteiger partial charge on any atom is 0.178 e. The minimum absolute atomic E-state index is 0.0177. The molecule has 7 heteroatoms. The number of nitrogens with zero attached hydrogens (tertiary/aromatic N) is 2. The molecule has 2 aromatic rings. The van der Waals surface area contributed by atoms with Crippen LogP contribution in [0.5, 0.6) is 0 Å². The summed E-state index contributed by atoms with van der Waals surface area (Å²) in [5.74, 6) is -0.00274. The van der Waals surface area contributed by atoms with Gasteiger partial charge in [0.05, 0.1) is 29.1 Å². The van der Waals surface area contributed by atoms with Crippen molar-refractivity contribution in [1.82, 2.24) is 9.97 Å². The highest BCUT2D eigenvalue weighted by molar-refractivity contribution is 7.99. The zero-order valence-electron chi connectivity index (χ0n) is 21.6. The maximum atomic E-state index is 13.8. The first-order chi connectivity index (χ1) is 17.6. The van der Waals surface area contributed by atoms with Crippen molar-refractivity contribution in [3.8, 4) is 0 Å². The molecule has 0 bridgehead atoms. The number of hydrogen-bond acceptors (Lipinski definition) is 7. The van der Waals surface area contributed by atoms with Gasteiger partial charge < -0.3 is 10.2 Å². The molecular weight excluding hydrogens is 484 g/mol.